The minimum absolute atomic E-state index is 0.391. The number of hydrogen-bond donors (Lipinski definition) is 1. The van der Waals surface area contributed by atoms with Gasteiger partial charge in [0.25, 0.3) is 5.91 Å². The van der Waals surface area contributed by atoms with Gasteiger partial charge in [-0.1, -0.05) is 0 Å². The van der Waals surface area contributed by atoms with E-state index in [1.807, 2.05) is 13.0 Å². The number of benzene rings is 1. The van der Waals surface area contributed by atoms with Gasteiger partial charge < -0.3 is 14.8 Å². The molecule has 0 heterocycles. The second-order valence-electron chi connectivity index (χ2n) is 4.19. The summed E-state index contributed by atoms with van der Waals surface area (Å²) >= 11 is 0. The molecule has 1 aromatic carbocycles. The molecular weight excluding hydrogens is 246 g/mol. The number of ketones is 1. The molecule has 0 aromatic heterocycles. The molecule has 0 fully saturated rings. The molecule has 0 saturated carbocycles. The van der Waals surface area contributed by atoms with Gasteiger partial charge in [0.15, 0.2) is 0 Å². The number of Topliss-reactive ketones (excluding diaryl/α,β-unsaturated/α-hetero) is 1. The lowest BCUT2D eigenvalue weighted by Crippen LogP contribution is -2.31. The van der Waals surface area contributed by atoms with Crippen LogP contribution in [-0.2, 0) is 16.0 Å². The largest absolute Gasteiger partial charge is 0.497 e. The molecule has 0 aliphatic rings. The fraction of sp³-hybridized carbons (Fsp3) is 0.429. The highest BCUT2D eigenvalue weighted by Crippen LogP contribution is 2.28. The number of carbonyl (C=O) groups excluding carboxylic acids is 2. The van der Waals surface area contributed by atoms with Gasteiger partial charge in [-0.2, -0.15) is 0 Å². The summed E-state index contributed by atoms with van der Waals surface area (Å²) in [5.74, 6) is 0.392. The maximum absolute atomic E-state index is 11.2. The Balaban J connectivity index is 2.77. The molecule has 104 valence electrons. The van der Waals surface area contributed by atoms with Gasteiger partial charge in [0.1, 0.15) is 11.5 Å². The summed E-state index contributed by atoms with van der Waals surface area (Å²) in [4.78, 5) is 22.0. The van der Waals surface area contributed by atoms with Crippen LogP contribution in [-0.4, -0.2) is 32.5 Å². The summed E-state index contributed by atoms with van der Waals surface area (Å²) < 4.78 is 10.5. The summed E-state index contributed by atoms with van der Waals surface area (Å²) in [7, 11) is 3.19. The van der Waals surface area contributed by atoms with Crippen LogP contribution in [0.15, 0.2) is 12.1 Å². The van der Waals surface area contributed by atoms with E-state index in [-0.39, 0.29) is 0 Å². The quantitative estimate of drug-likeness (QED) is 0.786. The van der Waals surface area contributed by atoms with Gasteiger partial charge in [0.2, 0.25) is 5.78 Å². The lowest BCUT2D eigenvalue weighted by Gasteiger charge is -2.14. The van der Waals surface area contributed by atoms with Crippen molar-refractivity contribution in [3.63, 3.8) is 0 Å². The van der Waals surface area contributed by atoms with Crippen LogP contribution in [0.2, 0.25) is 0 Å². The third-order valence-corrected chi connectivity index (χ3v) is 2.84. The van der Waals surface area contributed by atoms with Crippen molar-refractivity contribution in [3.8, 4) is 11.5 Å². The van der Waals surface area contributed by atoms with E-state index >= 15 is 0 Å². The monoisotopic (exact) mass is 265 g/mol. The predicted molar refractivity (Wildman–Crippen MR) is 71.7 cm³/mol. The zero-order chi connectivity index (χ0) is 14.4. The highest BCUT2D eigenvalue weighted by molar-refractivity contribution is 6.35. The first-order valence-electron chi connectivity index (χ1n) is 5.99. The second-order valence-corrected chi connectivity index (χ2v) is 4.19. The number of aryl methyl sites for hydroxylation is 1. The summed E-state index contributed by atoms with van der Waals surface area (Å²) in [6.07, 6.45) is 0.595. The smallest absolute Gasteiger partial charge is 0.287 e. The number of carbonyl (C=O) groups is 2. The van der Waals surface area contributed by atoms with E-state index in [2.05, 4.69) is 5.32 Å². The van der Waals surface area contributed by atoms with Gasteiger partial charge in [0, 0.05) is 19.5 Å². The molecule has 5 nitrogen and oxygen atoms in total. The lowest BCUT2D eigenvalue weighted by atomic mass is 10.0. The summed E-state index contributed by atoms with van der Waals surface area (Å²) in [6, 6.07) is 3.71. The number of ether oxygens (including phenoxy) is 2. The van der Waals surface area contributed by atoms with Gasteiger partial charge in [-0.15, -0.1) is 0 Å². The van der Waals surface area contributed by atoms with Crippen molar-refractivity contribution in [1.82, 2.24) is 5.32 Å². The van der Waals surface area contributed by atoms with Crippen LogP contribution in [0.1, 0.15) is 18.1 Å². The van der Waals surface area contributed by atoms with Crippen molar-refractivity contribution in [2.75, 3.05) is 20.8 Å². The van der Waals surface area contributed by atoms with Crippen molar-refractivity contribution in [2.24, 2.45) is 0 Å². The molecule has 0 bridgehead atoms. The second kappa shape index (κ2) is 6.78. The Morgan fingerprint density at radius 1 is 1.21 bits per heavy atom. The fourth-order valence-electron chi connectivity index (χ4n) is 1.80. The van der Waals surface area contributed by atoms with Crippen molar-refractivity contribution < 1.29 is 19.1 Å². The number of rotatable bonds is 6. The van der Waals surface area contributed by atoms with Gasteiger partial charge in [-0.3, -0.25) is 9.59 Å². The average molecular weight is 265 g/mol. The molecule has 0 saturated heterocycles. The zero-order valence-corrected chi connectivity index (χ0v) is 11.7. The van der Waals surface area contributed by atoms with E-state index in [4.69, 9.17) is 9.47 Å². The normalized spacial score (nSPS) is 9.89. The van der Waals surface area contributed by atoms with Gasteiger partial charge in [-0.25, -0.2) is 0 Å². The first-order valence-corrected chi connectivity index (χ1v) is 5.99. The molecule has 19 heavy (non-hydrogen) atoms. The summed E-state index contributed by atoms with van der Waals surface area (Å²) in [5, 5.41) is 2.56. The molecule has 5 heteroatoms. The molecular formula is C14H19NO4. The predicted octanol–water partition coefficient (Wildman–Crippen LogP) is 1.26. The van der Waals surface area contributed by atoms with Gasteiger partial charge >= 0.3 is 0 Å². The molecule has 0 aliphatic carbocycles. The lowest BCUT2D eigenvalue weighted by molar-refractivity contribution is -0.136. The van der Waals surface area contributed by atoms with E-state index < -0.39 is 11.7 Å². The van der Waals surface area contributed by atoms with E-state index in [9.17, 15) is 9.59 Å². The average Bonchev–Trinajstić information content (AvgIpc) is 2.39. The van der Waals surface area contributed by atoms with Gasteiger partial charge in [0.05, 0.1) is 14.2 Å². The van der Waals surface area contributed by atoms with Crippen LogP contribution in [0.25, 0.3) is 0 Å². The van der Waals surface area contributed by atoms with Crippen LogP contribution >= 0.6 is 0 Å². The first-order chi connectivity index (χ1) is 8.99. The third kappa shape index (κ3) is 3.98. The molecule has 1 aromatic rings. The molecule has 0 atom stereocenters. The first kappa shape index (κ1) is 15.0. The minimum Gasteiger partial charge on any atom is -0.497 e. The fourth-order valence-corrected chi connectivity index (χ4v) is 1.80. The number of amides is 1. The molecule has 0 aliphatic heterocycles. The van der Waals surface area contributed by atoms with E-state index in [0.717, 1.165) is 16.9 Å². The topological polar surface area (TPSA) is 64.6 Å². The number of hydrogen-bond acceptors (Lipinski definition) is 4. The van der Waals surface area contributed by atoms with Crippen molar-refractivity contribution in [3.05, 3.63) is 23.3 Å². The van der Waals surface area contributed by atoms with Crippen LogP contribution in [0.5, 0.6) is 11.5 Å². The zero-order valence-electron chi connectivity index (χ0n) is 11.7. The van der Waals surface area contributed by atoms with E-state index in [1.165, 1.54) is 6.92 Å². The molecule has 1 N–H and O–H groups in total. The highest BCUT2D eigenvalue weighted by Gasteiger charge is 2.11. The van der Waals surface area contributed by atoms with Crippen molar-refractivity contribution >= 4 is 11.7 Å². The Bertz CT molecular complexity index is 483. The summed E-state index contributed by atoms with van der Waals surface area (Å²) in [5.41, 5.74) is 2.01. The van der Waals surface area contributed by atoms with Crippen LogP contribution in [0.4, 0.5) is 0 Å². The molecule has 0 radical (unpaired) electrons. The SMILES string of the molecule is COc1cc(C)c(CCNC(=O)C(C)=O)c(OC)c1. The van der Waals surface area contributed by atoms with Crippen LogP contribution in [0.3, 0.4) is 0 Å². The van der Waals surface area contributed by atoms with Crippen LogP contribution in [0, 0.1) is 6.92 Å². The standard InChI is InChI=1S/C14H19NO4/c1-9-7-11(18-3)8-13(19-4)12(9)5-6-15-14(17)10(2)16/h7-8H,5-6H2,1-4H3,(H,15,17). The molecule has 0 spiro atoms. The maximum Gasteiger partial charge on any atom is 0.287 e. The van der Waals surface area contributed by atoms with Crippen LogP contribution < -0.4 is 14.8 Å². The van der Waals surface area contributed by atoms with E-state index in [1.54, 1.807) is 20.3 Å². The Hall–Kier alpha value is -2.04. The highest BCUT2D eigenvalue weighted by atomic mass is 16.5. The van der Waals surface area contributed by atoms with Crippen molar-refractivity contribution in [2.45, 2.75) is 20.3 Å². The number of nitrogens with one attached hydrogen (secondary N) is 1. The summed E-state index contributed by atoms with van der Waals surface area (Å²) in [6.45, 7) is 3.59. The Labute approximate surface area is 112 Å². The Morgan fingerprint density at radius 3 is 2.42 bits per heavy atom. The third-order valence-electron chi connectivity index (χ3n) is 2.84. The minimum atomic E-state index is -0.565. The maximum atomic E-state index is 11.2. The Morgan fingerprint density at radius 2 is 1.89 bits per heavy atom. The molecule has 1 amide bonds. The Kier molecular flexibility index (Phi) is 5.36. The van der Waals surface area contributed by atoms with E-state index in [0.29, 0.717) is 18.7 Å². The van der Waals surface area contributed by atoms with Crippen molar-refractivity contribution in [1.29, 1.82) is 0 Å². The van der Waals surface area contributed by atoms with Gasteiger partial charge in [-0.05, 0) is 30.5 Å². The number of methoxy groups -OCH3 is 2. The molecule has 0 unspecified atom stereocenters. The molecule has 1 rings (SSSR count).